The van der Waals surface area contributed by atoms with Crippen LogP contribution in [0, 0.1) is 0 Å². The van der Waals surface area contributed by atoms with Crippen LogP contribution in [0.3, 0.4) is 0 Å². The van der Waals surface area contributed by atoms with Gasteiger partial charge in [0.05, 0.1) is 0 Å². The summed E-state index contributed by atoms with van der Waals surface area (Å²) in [5.41, 5.74) is 17.5. The Bertz CT molecular complexity index is 5070. The van der Waals surface area contributed by atoms with E-state index in [1.165, 1.54) is 153 Å². The predicted octanol–water partition coefficient (Wildman–Crippen LogP) is 24.0. The third-order valence-electron chi connectivity index (χ3n) is 16.9. The number of hydrogen-bond donors (Lipinski definition) is 0. The van der Waals surface area contributed by atoms with E-state index < -0.39 is 0 Å². The van der Waals surface area contributed by atoms with Crippen LogP contribution in [0.4, 0.5) is 0 Å². The molecule has 0 heteroatoms. The Morgan fingerprint density at radius 1 is 0.202 bits per heavy atom. The van der Waals surface area contributed by atoms with Crippen molar-refractivity contribution in [1.82, 2.24) is 0 Å². The van der Waals surface area contributed by atoms with Gasteiger partial charge in [-0.05, 0) is 190 Å². The van der Waals surface area contributed by atoms with Crippen molar-refractivity contribution in [3.05, 3.63) is 333 Å². The molecule has 0 heterocycles. The van der Waals surface area contributed by atoms with E-state index >= 15 is 0 Å². The maximum atomic E-state index is 2.40. The van der Waals surface area contributed by atoms with E-state index in [2.05, 4.69) is 328 Å². The Morgan fingerprint density at radius 3 is 0.952 bits per heavy atom. The van der Waals surface area contributed by atoms with Crippen molar-refractivity contribution in [2.75, 3.05) is 0 Å². The second-order valence-electron chi connectivity index (χ2n) is 21.8. The average molecular weight is 1070 g/mol. The van der Waals surface area contributed by atoms with Crippen molar-refractivity contribution in [3.63, 3.8) is 0 Å². The molecule has 0 radical (unpaired) electrons. The lowest BCUT2D eigenvalue weighted by atomic mass is 9.84. The molecule has 0 amide bonds. The second-order valence-corrected chi connectivity index (χ2v) is 21.8. The zero-order chi connectivity index (χ0) is 55.1. The van der Waals surface area contributed by atoms with Gasteiger partial charge < -0.3 is 0 Å². The molecule has 15 aromatic carbocycles. The molecule has 0 atom stereocenters. The SMILES string of the molecule is C.C1=CCC=CC(c2ccc(-c3c4ccccc4c(-c4ccc5ccccc5c4)c4cc(-c5ccccc5)ccc34)cc2)=C1.c1ccc(-c2ccc3c(-c4ccc5ccccc5c4)c4ccccc4c(-c4ccc5ccccc5c4)c3c2)cc1. The molecule has 0 unspecified atom stereocenters. The second kappa shape index (κ2) is 22.4. The van der Waals surface area contributed by atoms with Crippen molar-refractivity contribution < 1.29 is 0 Å². The van der Waals surface area contributed by atoms with Gasteiger partial charge in [-0.3, -0.25) is 0 Å². The maximum Gasteiger partial charge on any atom is -0.00259 e. The number of benzene rings is 15. The third kappa shape index (κ3) is 9.54. The van der Waals surface area contributed by atoms with Gasteiger partial charge in [-0.15, -0.1) is 0 Å². The highest BCUT2D eigenvalue weighted by Crippen LogP contribution is 2.48. The zero-order valence-corrected chi connectivity index (χ0v) is 45.9. The summed E-state index contributed by atoms with van der Waals surface area (Å²) in [6, 6.07) is 109. The summed E-state index contributed by atoms with van der Waals surface area (Å²) in [6.07, 6.45) is 12.0. The lowest BCUT2D eigenvalue weighted by molar-refractivity contribution is 1.41. The van der Waals surface area contributed by atoms with Crippen molar-refractivity contribution >= 4 is 81.0 Å². The van der Waals surface area contributed by atoms with E-state index in [-0.39, 0.29) is 7.43 Å². The molecule has 84 heavy (non-hydrogen) atoms. The molecule has 1 aliphatic carbocycles. The Morgan fingerprint density at radius 2 is 0.524 bits per heavy atom. The van der Waals surface area contributed by atoms with Crippen molar-refractivity contribution in [2.45, 2.75) is 13.8 Å². The van der Waals surface area contributed by atoms with Crippen molar-refractivity contribution in [2.24, 2.45) is 0 Å². The van der Waals surface area contributed by atoms with Crippen LogP contribution in [0.15, 0.2) is 328 Å². The first-order valence-corrected chi connectivity index (χ1v) is 28.9. The van der Waals surface area contributed by atoms with Gasteiger partial charge in [-0.25, -0.2) is 0 Å². The molecule has 0 nitrogen and oxygen atoms in total. The number of rotatable bonds is 7. The third-order valence-corrected chi connectivity index (χ3v) is 16.9. The van der Waals surface area contributed by atoms with Crippen LogP contribution in [0.2, 0.25) is 0 Å². The Hall–Kier alpha value is -10.7. The van der Waals surface area contributed by atoms with Crippen LogP contribution in [0.25, 0.3) is 148 Å². The van der Waals surface area contributed by atoms with Gasteiger partial charge in [0, 0.05) is 0 Å². The normalized spacial score (nSPS) is 12.1. The van der Waals surface area contributed by atoms with Crippen LogP contribution < -0.4 is 0 Å². The summed E-state index contributed by atoms with van der Waals surface area (Å²) in [4.78, 5) is 0. The van der Waals surface area contributed by atoms with Crippen LogP contribution >= 0.6 is 0 Å². The number of hydrogen-bond acceptors (Lipinski definition) is 0. The highest BCUT2D eigenvalue weighted by molar-refractivity contribution is 6.24. The average Bonchev–Trinajstić information content (AvgIpc) is 2.17. The summed E-state index contributed by atoms with van der Waals surface area (Å²) < 4.78 is 0. The van der Waals surface area contributed by atoms with Gasteiger partial charge in [0.15, 0.2) is 0 Å². The lowest BCUT2D eigenvalue weighted by Crippen LogP contribution is -1.92. The van der Waals surface area contributed by atoms with Gasteiger partial charge in [0.25, 0.3) is 0 Å². The van der Waals surface area contributed by atoms with E-state index in [1.807, 2.05) is 0 Å². The summed E-state index contributed by atoms with van der Waals surface area (Å²) in [5.74, 6) is 0. The first-order chi connectivity index (χ1) is 41.2. The molecule has 0 saturated heterocycles. The van der Waals surface area contributed by atoms with Gasteiger partial charge in [0.2, 0.25) is 0 Å². The largest absolute Gasteiger partial charge is 0.0807 e. The Kier molecular flexibility index (Phi) is 13.7. The first-order valence-electron chi connectivity index (χ1n) is 28.9. The topological polar surface area (TPSA) is 0 Å². The molecule has 15 aromatic rings. The number of allylic oxidation sites excluding steroid dienone is 6. The fourth-order valence-corrected chi connectivity index (χ4v) is 12.9. The maximum absolute atomic E-state index is 2.40. The molecule has 396 valence electrons. The smallest absolute Gasteiger partial charge is 0.00259 e. The van der Waals surface area contributed by atoms with Gasteiger partial charge in [-0.1, -0.05) is 305 Å². The molecule has 1 aliphatic rings. The van der Waals surface area contributed by atoms with E-state index in [1.54, 1.807) is 0 Å². The van der Waals surface area contributed by atoms with E-state index in [0.717, 1.165) is 6.42 Å². The van der Waals surface area contributed by atoms with E-state index in [9.17, 15) is 0 Å². The summed E-state index contributed by atoms with van der Waals surface area (Å²) >= 11 is 0. The van der Waals surface area contributed by atoms with Gasteiger partial charge in [-0.2, -0.15) is 0 Å². The minimum atomic E-state index is 0. The Balaban J connectivity index is 0.000000148. The highest BCUT2D eigenvalue weighted by atomic mass is 14.2. The van der Waals surface area contributed by atoms with Crippen LogP contribution in [0.5, 0.6) is 0 Å². The quantitative estimate of drug-likeness (QED) is 0.140. The van der Waals surface area contributed by atoms with E-state index in [0.29, 0.717) is 0 Å². The highest BCUT2D eigenvalue weighted by Gasteiger charge is 2.20. The minimum absolute atomic E-state index is 0. The lowest BCUT2D eigenvalue weighted by Gasteiger charge is -2.19. The van der Waals surface area contributed by atoms with Crippen LogP contribution in [-0.2, 0) is 0 Å². The fraction of sp³-hybridized carbons (Fsp3) is 0.0238. The standard InChI is InChI=1S/C43H30.C40H26.CH4/c1-2-5-13-30(12-4-1)33-20-23-34(24-21-33)42-38-18-10-11-19-39(38)43(37-25-22-32-16-8-9-17-35(32)28-37)41-29-36(26-27-40(41)42)31-14-6-3-7-15-31;1-2-10-27(11-3-1)32-22-23-37-38(26-32)40(34-21-19-29-13-5-7-15-31(29)25-34)36-17-9-8-16-35(36)39(37)33-20-18-28-12-4-6-14-30(28)24-33;/h1,3-29H,2H2;1-26H;1H4. The molecule has 0 aliphatic heterocycles. The molecule has 0 aromatic heterocycles. The molecule has 0 bridgehead atoms. The van der Waals surface area contributed by atoms with Crippen LogP contribution in [-0.4, -0.2) is 0 Å². The molecule has 0 spiro atoms. The molecular weight excluding hydrogens is 1010 g/mol. The monoisotopic (exact) mass is 1070 g/mol. The van der Waals surface area contributed by atoms with Crippen molar-refractivity contribution in [3.8, 4) is 66.8 Å². The summed E-state index contributed by atoms with van der Waals surface area (Å²) in [6.45, 7) is 0. The number of fused-ring (bicyclic) bond motifs is 7. The molecule has 0 fully saturated rings. The van der Waals surface area contributed by atoms with Crippen molar-refractivity contribution in [1.29, 1.82) is 0 Å². The van der Waals surface area contributed by atoms with Gasteiger partial charge >= 0.3 is 0 Å². The summed E-state index contributed by atoms with van der Waals surface area (Å²) in [7, 11) is 0. The predicted molar refractivity (Wildman–Crippen MR) is 366 cm³/mol. The molecule has 0 N–H and O–H groups in total. The fourth-order valence-electron chi connectivity index (χ4n) is 12.9. The minimum Gasteiger partial charge on any atom is -0.0807 e. The van der Waals surface area contributed by atoms with Gasteiger partial charge in [0.1, 0.15) is 0 Å². The molecular formula is C84H60. The Labute approximate surface area is 491 Å². The molecule has 16 rings (SSSR count). The summed E-state index contributed by atoms with van der Waals surface area (Å²) in [5, 5.41) is 17.8. The van der Waals surface area contributed by atoms with E-state index in [4.69, 9.17) is 0 Å². The zero-order valence-electron chi connectivity index (χ0n) is 45.9. The molecule has 0 saturated carbocycles. The van der Waals surface area contributed by atoms with Crippen LogP contribution in [0.1, 0.15) is 19.4 Å². The first kappa shape index (κ1) is 51.5.